The molecule has 0 bridgehead atoms. The predicted octanol–water partition coefficient (Wildman–Crippen LogP) is 4.37. The van der Waals surface area contributed by atoms with Gasteiger partial charge in [0.2, 0.25) is 0 Å². The Hall–Kier alpha value is -3.79. The number of anilines is 1. The second-order valence-electron chi connectivity index (χ2n) is 11.3. The van der Waals surface area contributed by atoms with E-state index in [1.165, 1.54) is 30.1 Å². The van der Waals surface area contributed by atoms with Gasteiger partial charge in [-0.1, -0.05) is 0 Å². The SMILES string of the molecule is CCN(C(=O)c1cc(F)ccc1Oc1cncnc1N1CC2(CC(Oc3ccnc4c3CNCC4)C2)C1)C(C)C. The van der Waals surface area contributed by atoms with E-state index >= 15 is 0 Å². The van der Waals surface area contributed by atoms with Crippen molar-refractivity contribution in [1.29, 1.82) is 0 Å². The molecule has 3 aromatic rings. The van der Waals surface area contributed by atoms with E-state index in [1.807, 2.05) is 33.0 Å². The fraction of sp³-hybridized carbons (Fsp3) is 0.467. The second kappa shape index (κ2) is 10.6. The predicted molar refractivity (Wildman–Crippen MR) is 148 cm³/mol. The summed E-state index contributed by atoms with van der Waals surface area (Å²) >= 11 is 0. The van der Waals surface area contributed by atoms with Gasteiger partial charge in [0.1, 0.15) is 29.7 Å². The summed E-state index contributed by atoms with van der Waals surface area (Å²) in [5.41, 5.74) is 2.68. The van der Waals surface area contributed by atoms with Crippen molar-refractivity contribution < 1.29 is 18.7 Å². The number of benzene rings is 1. The summed E-state index contributed by atoms with van der Waals surface area (Å²) in [6.07, 6.45) is 8.02. The molecule has 3 aliphatic rings. The van der Waals surface area contributed by atoms with Gasteiger partial charge in [-0.05, 0) is 57.9 Å². The van der Waals surface area contributed by atoms with Gasteiger partial charge in [0.25, 0.3) is 5.91 Å². The van der Waals surface area contributed by atoms with Crippen LogP contribution in [0.5, 0.6) is 17.2 Å². The maximum Gasteiger partial charge on any atom is 0.257 e. The number of aromatic nitrogens is 3. The lowest BCUT2D eigenvalue weighted by molar-refractivity contribution is -0.0349. The van der Waals surface area contributed by atoms with Crippen molar-refractivity contribution in [2.24, 2.45) is 5.41 Å². The standard InChI is InChI=1S/C30H35FN6O3/c1-4-37(19(2)3)29(38)22-11-20(31)5-6-25(22)40-27-15-33-18-35-28(27)36-16-30(17-36)12-21(13-30)39-26-8-10-34-24-7-9-32-14-23(24)26/h5-6,8,10-11,15,18-19,21,32H,4,7,9,12-14,16-17H2,1-3H3. The van der Waals surface area contributed by atoms with Crippen LogP contribution in [0, 0.1) is 11.2 Å². The fourth-order valence-corrected chi connectivity index (χ4v) is 6.19. The Morgan fingerprint density at radius 2 is 2.02 bits per heavy atom. The molecule has 2 aliphatic heterocycles. The van der Waals surface area contributed by atoms with Gasteiger partial charge in [-0.15, -0.1) is 0 Å². The third-order valence-corrected chi connectivity index (χ3v) is 8.19. The third-order valence-electron chi connectivity index (χ3n) is 8.19. The van der Waals surface area contributed by atoms with Crippen LogP contribution in [0.3, 0.4) is 0 Å². The maximum absolute atomic E-state index is 14.2. The number of carbonyl (C=O) groups is 1. The topological polar surface area (TPSA) is 92.7 Å². The van der Waals surface area contributed by atoms with Crippen molar-refractivity contribution in [2.45, 2.75) is 58.7 Å². The highest BCUT2D eigenvalue weighted by Crippen LogP contribution is 2.52. The van der Waals surface area contributed by atoms with Crippen LogP contribution in [0.15, 0.2) is 43.0 Å². The Morgan fingerprint density at radius 1 is 1.20 bits per heavy atom. The van der Waals surface area contributed by atoms with Gasteiger partial charge in [-0.2, -0.15) is 0 Å². The Morgan fingerprint density at radius 3 is 2.80 bits per heavy atom. The van der Waals surface area contributed by atoms with Gasteiger partial charge in [-0.3, -0.25) is 9.78 Å². The molecule has 1 spiro atoms. The van der Waals surface area contributed by atoms with Crippen molar-refractivity contribution in [3.63, 3.8) is 0 Å². The summed E-state index contributed by atoms with van der Waals surface area (Å²) < 4.78 is 26.8. The van der Waals surface area contributed by atoms with Gasteiger partial charge in [0.05, 0.1) is 11.8 Å². The smallest absolute Gasteiger partial charge is 0.257 e. The van der Waals surface area contributed by atoms with Crippen molar-refractivity contribution in [2.75, 3.05) is 31.1 Å². The molecule has 0 radical (unpaired) electrons. The van der Waals surface area contributed by atoms with E-state index in [1.54, 1.807) is 11.1 Å². The molecule has 10 heteroatoms. The van der Waals surface area contributed by atoms with Crippen molar-refractivity contribution in [3.8, 4) is 17.2 Å². The first-order valence-corrected chi connectivity index (χ1v) is 14.0. The summed E-state index contributed by atoms with van der Waals surface area (Å²) in [5.74, 6) is 1.56. The Bertz CT molecular complexity index is 1400. The van der Waals surface area contributed by atoms with Crippen molar-refractivity contribution >= 4 is 11.7 Å². The van der Waals surface area contributed by atoms with E-state index in [0.717, 1.165) is 56.9 Å². The lowest BCUT2D eigenvalue weighted by Crippen LogP contribution is -2.65. The van der Waals surface area contributed by atoms with E-state index in [4.69, 9.17) is 9.47 Å². The number of ether oxygens (including phenoxy) is 2. The van der Waals surface area contributed by atoms with E-state index in [9.17, 15) is 9.18 Å². The molecule has 1 saturated carbocycles. The third kappa shape index (κ3) is 4.96. The monoisotopic (exact) mass is 546 g/mol. The minimum atomic E-state index is -0.491. The summed E-state index contributed by atoms with van der Waals surface area (Å²) in [7, 11) is 0. The van der Waals surface area contributed by atoms with E-state index in [0.29, 0.717) is 18.1 Å². The number of fused-ring (bicyclic) bond motifs is 1. The highest BCUT2D eigenvalue weighted by Gasteiger charge is 2.54. The highest BCUT2D eigenvalue weighted by molar-refractivity contribution is 5.97. The van der Waals surface area contributed by atoms with E-state index in [2.05, 4.69) is 25.2 Å². The molecule has 1 N–H and O–H groups in total. The first kappa shape index (κ1) is 26.4. The van der Waals surface area contributed by atoms with Crippen LogP contribution < -0.4 is 19.7 Å². The normalized spacial score (nSPS) is 17.7. The molecular weight excluding hydrogens is 511 g/mol. The minimum absolute atomic E-state index is 0.0301. The van der Waals surface area contributed by atoms with Crippen LogP contribution in [0.25, 0.3) is 0 Å². The van der Waals surface area contributed by atoms with Crippen LogP contribution in [-0.2, 0) is 13.0 Å². The molecule has 1 aromatic carbocycles. The first-order valence-electron chi connectivity index (χ1n) is 14.0. The number of rotatable bonds is 8. The summed E-state index contributed by atoms with van der Waals surface area (Å²) in [4.78, 5) is 30.3. The summed E-state index contributed by atoms with van der Waals surface area (Å²) in [5, 5.41) is 3.41. The zero-order valence-electron chi connectivity index (χ0n) is 23.2. The zero-order chi connectivity index (χ0) is 27.9. The number of halogens is 1. The van der Waals surface area contributed by atoms with Crippen molar-refractivity contribution in [3.05, 3.63) is 65.6 Å². The average Bonchev–Trinajstić information content (AvgIpc) is 2.91. The Labute approximate surface area is 233 Å². The molecule has 4 heterocycles. The Kier molecular flexibility index (Phi) is 7.04. The molecular formula is C30H35FN6O3. The van der Waals surface area contributed by atoms with Gasteiger partial charge in [-0.25, -0.2) is 14.4 Å². The molecule has 1 aliphatic carbocycles. The number of hydrogen-bond donors (Lipinski definition) is 1. The second-order valence-corrected chi connectivity index (χ2v) is 11.3. The molecule has 6 rings (SSSR count). The number of pyridine rings is 1. The number of nitrogens with zero attached hydrogens (tertiary/aromatic N) is 5. The lowest BCUT2D eigenvalue weighted by Gasteiger charge is -2.59. The lowest BCUT2D eigenvalue weighted by atomic mass is 9.61. The van der Waals surface area contributed by atoms with Crippen LogP contribution >= 0.6 is 0 Å². The van der Waals surface area contributed by atoms with Gasteiger partial charge in [0, 0.05) is 68.1 Å². The van der Waals surface area contributed by atoms with Crippen LogP contribution in [0.2, 0.25) is 0 Å². The molecule has 1 saturated heterocycles. The number of carbonyl (C=O) groups excluding carboxylic acids is 1. The van der Waals surface area contributed by atoms with E-state index < -0.39 is 5.82 Å². The van der Waals surface area contributed by atoms with Gasteiger partial charge >= 0.3 is 0 Å². The first-order chi connectivity index (χ1) is 19.4. The molecule has 2 aromatic heterocycles. The molecule has 9 nitrogen and oxygen atoms in total. The quantitative estimate of drug-likeness (QED) is 0.446. The van der Waals surface area contributed by atoms with Gasteiger partial charge in [0.15, 0.2) is 11.6 Å². The average molecular weight is 547 g/mol. The molecule has 2 fully saturated rings. The highest BCUT2D eigenvalue weighted by atomic mass is 19.1. The molecule has 0 atom stereocenters. The number of amides is 1. The molecule has 40 heavy (non-hydrogen) atoms. The molecule has 210 valence electrons. The van der Waals surface area contributed by atoms with Crippen LogP contribution in [0.1, 0.15) is 55.2 Å². The summed E-state index contributed by atoms with van der Waals surface area (Å²) in [6.45, 7) is 9.70. The van der Waals surface area contributed by atoms with Crippen LogP contribution in [-0.4, -0.2) is 64.1 Å². The Balaban J connectivity index is 1.13. The maximum atomic E-state index is 14.2. The van der Waals surface area contributed by atoms with Crippen molar-refractivity contribution in [1.82, 2.24) is 25.2 Å². The zero-order valence-corrected chi connectivity index (χ0v) is 23.2. The molecule has 1 amide bonds. The number of hydrogen-bond acceptors (Lipinski definition) is 8. The molecule has 0 unspecified atom stereocenters. The summed E-state index contributed by atoms with van der Waals surface area (Å²) in [6, 6.07) is 5.97. The van der Waals surface area contributed by atoms with Gasteiger partial charge < -0.3 is 24.6 Å². The van der Waals surface area contributed by atoms with Crippen LogP contribution in [0.4, 0.5) is 10.2 Å². The number of nitrogens with one attached hydrogen (secondary N) is 1. The fourth-order valence-electron chi connectivity index (χ4n) is 6.19. The minimum Gasteiger partial charge on any atom is -0.490 e. The largest absolute Gasteiger partial charge is 0.490 e. The van der Waals surface area contributed by atoms with E-state index in [-0.39, 0.29) is 34.8 Å².